The third kappa shape index (κ3) is 4.84. The van der Waals surface area contributed by atoms with Crippen LogP contribution in [0.15, 0.2) is 39.9 Å². The lowest BCUT2D eigenvalue weighted by molar-refractivity contribution is -0.127. The number of amides is 1. The molecule has 2 heterocycles. The number of nitrogens with one attached hydrogen (secondary N) is 1. The molecule has 1 amide bonds. The predicted octanol–water partition coefficient (Wildman–Crippen LogP) is 3.79. The second-order valence-corrected chi connectivity index (χ2v) is 7.24. The fourth-order valence-electron chi connectivity index (χ4n) is 2.43. The van der Waals surface area contributed by atoms with Crippen molar-refractivity contribution in [3.05, 3.63) is 46.9 Å². The van der Waals surface area contributed by atoms with Crippen LogP contribution in [0.1, 0.15) is 11.5 Å². The molecule has 0 bridgehead atoms. The number of rotatable bonds is 7. The van der Waals surface area contributed by atoms with Gasteiger partial charge in [-0.2, -0.15) is 0 Å². The van der Waals surface area contributed by atoms with E-state index in [-0.39, 0.29) is 11.7 Å². The Morgan fingerprint density at radius 1 is 1.37 bits per heavy atom. The fraction of sp³-hybridized carbons (Fsp3) is 0.278. The second-order valence-electron chi connectivity index (χ2n) is 5.86. The fourth-order valence-corrected chi connectivity index (χ4v) is 3.34. The Morgan fingerprint density at radius 2 is 2.19 bits per heavy atom. The van der Waals surface area contributed by atoms with Gasteiger partial charge in [-0.3, -0.25) is 9.89 Å². The van der Waals surface area contributed by atoms with Gasteiger partial charge in [-0.15, -0.1) is 5.10 Å². The van der Waals surface area contributed by atoms with E-state index in [2.05, 4.69) is 15.2 Å². The molecule has 142 valence electrons. The number of aromatic nitrogens is 3. The number of hydrogen-bond acceptors (Lipinski definition) is 6. The SMILES string of the molecule is COc1ccc(Cl)cc1-c1nc(SCC(=O)N(C)Cc2ccc(C)o2)n[nH]1. The summed E-state index contributed by atoms with van der Waals surface area (Å²) in [6, 6.07) is 9.00. The summed E-state index contributed by atoms with van der Waals surface area (Å²) in [7, 11) is 3.31. The molecule has 9 heteroatoms. The van der Waals surface area contributed by atoms with Crippen molar-refractivity contribution in [2.24, 2.45) is 0 Å². The van der Waals surface area contributed by atoms with Gasteiger partial charge >= 0.3 is 0 Å². The molecule has 0 saturated carbocycles. The zero-order chi connectivity index (χ0) is 19.4. The molecule has 0 aliphatic rings. The summed E-state index contributed by atoms with van der Waals surface area (Å²) >= 11 is 7.31. The molecule has 0 saturated heterocycles. The smallest absolute Gasteiger partial charge is 0.233 e. The monoisotopic (exact) mass is 406 g/mol. The number of carbonyl (C=O) groups is 1. The minimum atomic E-state index is -0.0410. The van der Waals surface area contributed by atoms with Crippen molar-refractivity contribution in [1.29, 1.82) is 0 Å². The molecule has 0 aliphatic heterocycles. The van der Waals surface area contributed by atoms with Crippen LogP contribution in [-0.4, -0.2) is 45.9 Å². The number of methoxy groups -OCH3 is 1. The van der Waals surface area contributed by atoms with Crippen LogP contribution in [0, 0.1) is 6.92 Å². The van der Waals surface area contributed by atoms with Gasteiger partial charge in [-0.1, -0.05) is 23.4 Å². The van der Waals surface area contributed by atoms with Crippen LogP contribution in [0.5, 0.6) is 5.75 Å². The third-order valence-corrected chi connectivity index (χ3v) is 4.89. The zero-order valence-corrected chi connectivity index (χ0v) is 16.7. The largest absolute Gasteiger partial charge is 0.496 e. The highest BCUT2D eigenvalue weighted by molar-refractivity contribution is 7.99. The van der Waals surface area contributed by atoms with Crippen LogP contribution >= 0.6 is 23.4 Å². The first kappa shape index (κ1) is 19.3. The molecule has 0 atom stereocenters. The Bertz CT molecular complexity index is 940. The second kappa shape index (κ2) is 8.49. The van der Waals surface area contributed by atoms with Crippen LogP contribution in [-0.2, 0) is 11.3 Å². The van der Waals surface area contributed by atoms with Crippen molar-refractivity contribution < 1.29 is 13.9 Å². The minimum Gasteiger partial charge on any atom is -0.496 e. The number of aromatic amines is 1. The van der Waals surface area contributed by atoms with Crippen LogP contribution in [0.2, 0.25) is 5.02 Å². The molecule has 0 radical (unpaired) electrons. The van der Waals surface area contributed by atoms with Crippen molar-refractivity contribution in [3.63, 3.8) is 0 Å². The summed E-state index contributed by atoms with van der Waals surface area (Å²) in [5.41, 5.74) is 0.709. The maximum Gasteiger partial charge on any atom is 0.233 e. The van der Waals surface area contributed by atoms with Crippen molar-refractivity contribution in [2.75, 3.05) is 19.9 Å². The molecule has 3 rings (SSSR count). The van der Waals surface area contributed by atoms with Gasteiger partial charge in [0.1, 0.15) is 17.3 Å². The molecule has 3 aromatic rings. The molecule has 27 heavy (non-hydrogen) atoms. The quantitative estimate of drug-likeness (QED) is 0.601. The summed E-state index contributed by atoms with van der Waals surface area (Å²) in [6.07, 6.45) is 0. The summed E-state index contributed by atoms with van der Waals surface area (Å²) in [4.78, 5) is 18.3. The molecule has 0 spiro atoms. The van der Waals surface area contributed by atoms with Crippen molar-refractivity contribution in [2.45, 2.75) is 18.6 Å². The molecular formula is C18H19ClN4O3S. The van der Waals surface area contributed by atoms with Gasteiger partial charge in [-0.25, -0.2) is 4.98 Å². The Labute approximate surface area is 166 Å². The average molecular weight is 407 g/mol. The number of nitrogens with zero attached hydrogens (tertiary/aromatic N) is 3. The summed E-state index contributed by atoms with van der Waals surface area (Å²) < 4.78 is 10.8. The van der Waals surface area contributed by atoms with E-state index in [1.54, 1.807) is 37.3 Å². The summed E-state index contributed by atoms with van der Waals surface area (Å²) in [5.74, 6) is 2.92. The summed E-state index contributed by atoms with van der Waals surface area (Å²) in [5, 5.41) is 8.06. The first-order valence-corrected chi connectivity index (χ1v) is 9.51. The number of H-pyrrole nitrogens is 1. The van der Waals surface area contributed by atoms with E-state index in [1.165, 1.54) is 11.8 Å². The first-order chi connectivity index (χ1) is 13.0. The van der Waals surface area contributed by atoms with Crippen LogP contribution in [0.25, 0.3) is 11.4 Å². The van der Waals surface area contributed by atoms with Crippen molar-refractivity contribution >= 4 is 29.3 Å². The van der Waals surface area contributed by atoms with Gasteiger partial charge in [0.25, 0.3) is 0 Å². The topological polar surface area (TPSA) is 84.2 Å². The van der Waals surface area contributed by atoms with Gasteiger partial charge in [0.15, 0.2) is 5.82 Å². The van der Waals surface area contributed by atoms with E-state index >= 15 is 0 Å². The lowest BCUT2D eigenvalue weighted by atomic mass is 10.2. The maximum atomic E-state index is 12.3. The average Bonchev–Trinajstić information content (AvgIpc) is 3.28. The van der Waals surface area contributed by atoms with E-state index in [0.29, 0.717) is 33.9 Å². The van der Waals surface area contributed by atoms with Gasteiger partial charge in [-0.05, 0) is 37.3 Å². The van der Waals surface area contributed by atoms with Crippen molar-refractivity contribution in [3.8, 4) is 17.1 Å². The van der Waals surface area contributed by atoms with Gasteiger partial charge in [0.2, 0.25) is 11.1 Å². The number of furan rings is 1. The third-order valence-electron chi connectivity index (χ3n) is 3.82. The molecule has 1 N–H and O–H groups in total. The van der Waals surface area contributed by atoms with E-state index in [9.17, 15) is 4.79 Å². The molecule has 7 nitrogen and oxygen atoms in total. The Balaban J connectivity index is 1.61. The number of benzene rings is 1. The highest BCUT2D eigenvalue weighted by atomic mass is 35.5. The first-order valence-electron chi connectivity index (χ1n) is 8.14. The van der Waals surface area contributed by atoms with E-state index in [4.69, 9.17) is 20.8 Å². The van der Waals surface area contributed by atoms with Gasteiger partial charge in [0.05, 0.1) is 25.0 Å². The maximum absolute atomic E-state index is 12.3. The number of carbonyl (C=O) groups excluding carboxylic acids is 1. The van der Waals surface area contributed by atoms with Crippen LogP contribution < -0.4 is 4.74 Å². The van der Waals surface area contributed by atoms with E-state index < -0.39 is 0 Å². The highest BCUT2D eigenvalue weighted by Crippen LogP contribution is 2.31. The molecule has 1 aromatic carbocycles. The number of hydrogen-bond donors (Lipinski definition) is 1. The lowest BCUT2D eigenvalue weighted by Gasteiger charge is -2.14. The standard InChI is InChI=1S/C18H19ClN4O3S/c1-11-4-6-13(26-11)9-23(2)16(24)10-27-18-20-17(21-22-18)14-8-12(19)5-7-15(14)25-3/h4-8H,9-10H2,1-3H3,(H,20,21,22). The predicted molar refractivity (Wildman–Crippen MR) is 104 cm³/mol. The number of halogens is 1. The highest BCUT2D eigenvalue weighted by Gasteiger charge is 2.15. The van der Waals surface area contributed by atoms with Gasteiger partial charge in [0, 0.05) is 12.1 Å². The van der Waals surface area contributed by atoms with Crippen LogP contribution in [0.4, 0.5) is 0 Å². The minimum absolute atomic E-state index is 0.0410. The van der Waals surface area contributed by atoms with Crippen LogP contribution in [0.3, 0.4) is 0 Å². The number of ether oxygens (including phenoxy) is 1. The van der Waals surface area contributed by atoms with Crippen molar-refractivity contribution in [1.82, 2.24) is 20.1 Å². The van der Waals surface area contributed by atoms with Gasteiger partial charge < -0.3 is 14.1 Å². The number of aryl methyl sites for hydroxylation is 1. The zero-order valence-electron chi connectivity index (χ0n) is 15.2. The summed E-state index contributed by atoms with van der Waals surface area (Å²) in [6.45, 7) is 2.29. The molecule has 0 unspecified atom stereocenters. The Morgan fingerprint density at radius 3 is 2.89 bits per heavy atom. The molecule has 0 aliphatic carbocycles. The molecule has 0 fully saturated rings. The van der Waals surface area contributed by atoms with E-state index in [0.717, 1.165) is 11.5 Å². The molecular weight excluding hydrogens is 388 g/mol. The van der Waals surface area contributed by atoms with E-state index in [1.807, 2.05) is 19.1 Å². The normalized spacial score (nSPS) is 10.8. The Kier molecular flexibility index (Phi) is 6.08. The Hall–Kier alpha value is -2.45. The molecule has 2 aromatic heterocycles. The number of thioether (sulfide) groups is 1. The lowest BCUT2D eigenvalue weighted by Crippen LogP contribution is -2.27.